The number of rotatable bonds is 4. The van der Waals surface area contributed by atoms with Gasteiger partial charge in [0.1, 0.15) is 5.01 Å². The van der Waals surface area contributed by atoms with E-state index in [1.807, 2.05) is 0 Å². The molecule has 22 heavy (non-hydrogen) atoms. The fourth-order valence-corrected chi connectivity index (χ4v) is 4.85. The lowest BCUT2D eigenvalue weighted by Gasteiger charge is -2.41. The van der Waals surface area contributed by atoms with Crippen LogP contribution in [0.3, 0.4) is 0 Å². The van der Waals surface area contributed by atoms with Gasteiger partial charge in [-0.3, -0.25) is 4.90 Å². The molecule has 122 valence electrons. The van der Waals surface area contributed by atoms with Crippen molar-refractivity contribution in [3.63, 3.8) is 0 Å². The van der Waals surface area contributed by atoms with Gasteiger partial charge >= 0.3 is 0 Å². The molecule has 2 saturated carbocycles. The number of hydrogen-bond acceptors (Lipinski definition) is 6. The van der Waals surface area contributed by atoms with Gasteiger partial charge in [-0.25, -0.2) is 0 Å². The summed E-state index contributed by atoms with van der Waals surface area (Å²) >= 11 is 1.74. The minimum Gasteiger partial charge on any atom is -0.391 e. The number of hydrogen-bond donors (Lipinski definition) is 2. The van der Waals surface area contributed by atoms with Gasteiger partial charge in [0.15, 0.2) is 0 Å². The summed E-state index contributed by atoms with van der Waals surface area (Å²) in [5.41, 5.74) is 0. The molecule has 3 fully saturated rings. The smallest absolute Gasteiger partial charge is 0.205 e. The average molecular weight is 322 g/mol. The minimum atomic E-state index is -0.109. The molecule has 2 atom stereocenters. The summed E-state index contributed by atoms with van der Waals surface area (Å²) in [6.45, 7) is 2.18. The first kappa shape index (κ1) is 14.8. The number of anilines is 1. The predicted octanol–water partition coefficient (Wildman–Crippen LogP) is 2.60. The number of nitrogens with one attached hydrogen (secondary N) is 1. The first-order chi connectivity index (χ1) is 10.8. The average Bonchev–Trinajstić information content (AvgIpc) is 3.29. The maximum atomic E-state index is 10.2. The largest absolute Gasteiger partial charge is 0.391 e. The van der Waals surface area contributed by atoms with Crippen molar-refractivity contribution < 1.29 is 5.11 Å². The number of piperidine rings is 1. The van der Waals surface area contributed by atoms with Gasteiger partial charge in [-0.15, -0.1) is 10.2 Å². The second kappa shape index (κ2) is 6.42. The summed E-state index contributed by atoms with van der Waals surface area (Å²) in [6, 6.07) is 0.912. The lowest BCUT2D eigenvalue weighted by molar-refractivity contribution is 0.00993. The van der Waals surface area contributed by atoms with E-state index in [-0.39, 0.29) is 6.10 Å². The molecule has 0 aromatic carbocycles. The molecule has 0 spiro atoms. The Kier molecular flexibility index (Phi) is 4.33. The first-order valence-corrected chi connectivity index (χ1v) is 9.63. The standard InChI is InChI=1S/C16H26N4OS/c21-14-4-2-1-3-13(14)20-9-7-12(8-10-20)17-16-19-18-15(22-16)11-5-6-11/h11-14,21H,1-10H2,(H,17,19). The van der Waals surface area contributed by atoms with E-state index in [4.69, 9.17) is 0 Å². The summed E-state index contributed by atoms with van der Waals surface area (Å²) < 4.78 is 0. The Hall–Kier alpha value is -0.720. The van der Waals surface area contributed by atoms with E-state index >= 15 is 0 Å². The van der Waals surface area contributed by atoms with Crippen molar-refractivity contribution in [3.8, 4) is 0 Å². The van der Waals surface area contributed by atoms with E-state index in [0.29, 0.717) is 18.0 Å². The zero-order chi connectivity index (χ0) is 14.9. The third kappa shape index (κ3) is 3.29. The van der Waals surface area contributed by atoms with Crippen LogP contribution in [0.15, 0.2) is 0 Å². The van der Waals surface area contributed by atoms with Crippen molar-refractivity contribution in [1.82, 2.24) is 15.1 Å². The number of aliphatic hydroxyl groups is 1. The summed E-state index contributed by atoms with van der Waals surface area (Å²) in [5, 5.41) is 24.6. The lowest BCUT2D eigenvalue weighted by atomic mass is 9.89. The highest BCUT2D eigenvalue weighted by Crippen LogP contribution is 2.42. The molecule has 2 unspecified atom stereocenters. The fraction of sp³-hybridized carbons (Fsp3) is 0.875. The maximum absolute atomic E-state index is 10.2. The summed E-state index contributed by atoms with van der Waals surface area (Å²) in [7, 11) is 0. The van der Waals surface area contributed by atoms with Crippen molar-refractivity contribution in [2.75, 3.05) is 18.4 Å². The molecule has 2 N–H and O–H groups in total. The molecule has 1 aromatic heterocycles. The molecule has 4 rings (SSSR count). The van der Waals surface area contributed by atoms with E-state index in [1.165, 1.54) is 37.1 Å². The van der Waals surface area contributed by atoms with Crippen LogP contribution in [0.4, 0.5) is 5.13 Å². The molecule has 5 nitrogen and oxygen atoms in total. The fourth-order valence-electron chi connectivity index (χ4n) is 3.86. The van der Waals surface area contributed by atoms with Crippen molar-refractivity contribution in [3.05, 3.63) is 5.01 Å². The van der Waals surface area contributed by atoms with Crippen LogP contribution in [0.25, 0.3) is 0 Å². The second-order valence-corrected chi connectivity index (χ2v) is 8.10. The van der Waals surface area contributed by atoms with Gasteiger partial charge in [-0.05, 0) is 38.5 Å². The first-order valence-electron chi connectivity index (χ1n) is 8.81. The third-order valence-corrected chi connectivity index (χ3v) is 6.40. The van der Waals surface area contributed by atoms with Gasteiger partial charge in [-0.1, -0.05) is 24.2 Å². The normalized spacial score (nSPS) is 31.3. The van der Waals surface area contributed by atoms with Crippen LogP contribution in [0, 0.1) is 0 Å². The molecule has 1 aromatic rings. The molecule has 3 aliphatic rings. The second-order valence-electron chi connectivity index (χ2n) is 7.09. The maximum Gasteiger partial charge on any atom is 0.205 e. The Morgan fingerprint density at radius 1 is 1.00 bits per heavy atom. The number of aromatic nitrogens is 2. The Balaban J connectivity index is 1.27. The van der Waals surface area contributed by atoms with E-state index in [1.54, 1.807) is 11.3 Å². The van der Waals surface area contributed by atoms with Gasteiger partial charge in [0.25, 0.3) is 0 Å². The Morgan fingerprint density at radius 3 is 2.50 bits per heavy atom. The predicted molar refractivity (Wildman–Crippen MR) is 88.4 cm³/mol. The van der Waals surface area contributed by atoms with Crippen molar-refractivity contribution in [2.45, 2.75) is 75.5 Å². The topological polar surface area (TPSA) is 61.3 Å². The zero-order valence-electron chi connectivity index (χ0n) is 13.1. The molecular weight excluding hydrogens is 296 g/mol. The SMILES string of the molecule is OC1CCCCC1N1CCC(Nc2nnc(C3CC3)s2)CC1. The molecule has 2 aliphatic carbocycles. The minimum absolute atomic E-state index is 0.109. The van der Waals surface area contributed by atoms with E-state index in [0.717, 1.165) is 37.5 Å². The Morgan fingerprint density at radius 2 is 1.77 bits per heavy atom. The van der Waals surface area contributed by atoms with Crippen LogP contribution in [0.5, 0.6) is 0 Å². The quantitative estimate of drug-likeness (QED) is 0.892. The molecule has 2 heterocycles. The van der Waals surface area contributed by atoms with Crippen LogP contribution in [-0.4, -0.2) is 51.5 Å². The summed E-state index contributed by atoms with van der Waals surface area (Å²) in [4.78, 5) is 2.51. The van der Waals surface area contributed by atoms with Crippen molar-refractivity contribution >= 4 is 16.5 Å². The number of aliphatic hydroxyl groups excluding tert-OH is 1. The number of likely N-dealkylation sites (tertiary alicyclic amines) is 1. The molecule has 0 bridgehead atoms. The van der Waals surface area contributed by atoms with Gasteiger partial charge in [0.05, 0.1) is 6.10 Å². The zero-order valence-corrected chi connectivity index (χ0v) is 13.9. The highest BCUT2D eigenvalue weighted by molar-refractivity contribution is 7.15. The molecule has 0 radical (unpaired) electrons. The number of nitrogens with zero attached hydrogens (tertiary/aromatic N) is 3. The van der Waals surface area contributed by atoms with Gasteiger partial charge in [0, 0.05) is 31.1 Å². The Bertz CT molecular complexity index is 496. The van der Waals surface area contributed by atoms with E-state index in [9.17, 15) is 5.11 Å². The monoisotopic (exact) mass is 322 g/mol. The van der Waals surface area contributed by atoms with E-state index < -0.39 is 0 Å². The van der Waals surface area contributed by atoms with Gasteiger partial charge in [-0.2, -0.15) is 0 Å². The molecule has 6 heteroatoms. The molecule has 0 amide bonds. The van der Waals surface area contributed by atoms with E-state index in [2.05, 4.69) is 20.4 Å². The van der Waals surface area contributed by atoms with Crippen LogP contribution in [0.1, 0.15) is 62.3 Å². The summed E-state index contributed by atoms with van der Waals surface area (Å²) in [6.07, 6.45) is 9.36. The van der Waals surface area contributed by atoms with Crippen LogP contribution in [0.2, 0.25) is 0 Å². The van der Waals surface area contributed by atoms with Gasteiger partial charge in [0.2, 0.25) is 5.13 Å². The molecular formula is C16H26N4OS. The highest BCUT2D eigenvalue weighted by atomic mass is 32.1. The summed E-state index contributed by atoms with van der Waals surface area (Å²) in [5.74, 6) is 0.697. The van der Waals surface area contributed by atoms with Crippen molar-refractivity contribution in [2.24, 2.45) is 0 Å². The van der Waals surface area contributed by atoms with Crippen LogP contribution >= 0.6 is 11.3 Å². The molecule has 1 saturated heterocycles. The third-order valence-electron chi connectivity index (χ3n) is 5.39. The van der Waals surface area contributed by atoms with Crippen LogP contribution in [-0.2, 0) is 0 Å². The lowest BCUT2D eigenvalue weighted by Crippen LogP contribution is -2.50. The highest BCUT2D eigenvalue weighted by Gasteiger charge is 2.32. The Labute approximate surface area is 136 Å². The molecule has 1 aliphatic heterocycles. The van der Waals surface area contributed by atoms with Crippen LogP contribution < -0.4 is 5.32 Å². The van der Waals surface area contributed by atoms with Gasteiger partial charge < -0.3 is 10.4 Å². The van der Waals surface area contributed by atoms with Crippen molar-refractivity contribution in [1.29, 1.82) is 0 Å².